The maximum Gasteiger partial charge on any atom is 0.325 e. The molecule has 3 N–H and O–H groups in total. The summed E-state index contributed by atoms with van der Waals surface area (Å²) < 4.78 is 13.0. The molecule has 0 aromatic heterocycles. The monoisotopic (exact) mass is 291 g/mol. The number of amides is 1. The molecule has 1 atom stereocenters. The maximum atomic E-state index is 13.0. The average molecular weight is 291 g/mol. The molecule has 21 heavy (non-hydrogen) atoms. The summed E-state index contributed by atoms with van der Waals surface area (Å²) in [5.74, 6) is -2.38. The molecule has 1 aromatic carbocycles. The molecular weight excluding hydrogens is 277 g/mol. The predicted octanol–water partition coefficient (Wildman–Crippen LogP) is 0.912. The van der Waals surface area contributed by atoms with E-state index in [1.54, 1.807) is 18.2 Å². The number of halogens is 1. The SMILES string of the molecule is CC(NC(=O)/C(C#N)=C\NCc1cccc(F)c1)C(=O)O. The van der Waals surface area contributed by atoms with Crippen LogP contribution < -0.4 is 10.6 Å². The van der Waals surface area contributed by atoms with Crippen molar-refractivity contribution in [1.82, 2.24) is 10.6 Å². The quantitative estimate of drug-likeness (QED) is 0.534. The van der Waals surface area contributed by atoms with Gasteiger partial charge in [0.05, 0.1) is 0 Å². The van der Waals surface area contributed by atoms with E-state index in [-0.39, 0.29) is 17.9 Å². The minimum atomic E-state index is -1.20. The van der Waals surface area contributed by atoms with Gasteiger partial charge >= 0.3 is 5.97 Å². The molecule has 0 radical (unpaired) electrons. The summed E-state index contributed by atoms with van der Waals surface area (Å²) in [4.78, 5) is 22.2. The van der Waals surface area contributed by atoms with E-state index in [4.69, 9.17) is 10.4 Å². The van der Waals surface area contributed by atoms with Crippen LogP contribution in [-0.4, -0.2) is 23.0 Å². The fraction of sp³-hybridized carbons (Fsp3) is 0.214. The summed E-state index contributed by atoms with van der Waals surface area (Å²) in [6.45, 7) is 1.51. The number of hydrogen-bond donors (Lipinski definition) is 3. The number of rotatable bonds is 6. The second kappa shape index (κ2) is 7.65. The van der Waals surface area contributed by atoms with E-state index in [9.17, 15) is 14.0 Å². The van der Waals surface area contributed by atoms with E-state index in [0.29, 0.717) is 5.56 Å². The summed E-state index contributed by atoms with van der Waals surface area (Å²) in [6.07, 6.45) is 1.16. The first-order chi connectivity index (χ1) is 9.93. The summed E-state index contributed by atoms with van der Waals surface area (Å²) in [6, 6.07) is 6.42. The Morgan fingerprint density at radius 3 is 2.81 bits per heavy atom. The fourth-order valence-corrected chi connectivity index (χ4v) is 1.40. The zero-order valence-electron chi connectivity index (χ0n) is 11.3. The van der Waals surface area contributed by atoms with Crippen LogP contribution in [0.15, 0.2) is 36.0 Å². The Morgan fingerprint density at radius 1 is 1.52 bits per heavy atom. The third-order valence-electron chi connectivity index (χ3n) is 2.52. The van der Waals surface area contributed by atoms with Crippen LogP contribution in [0.5, 0.6) is 0 Å². The van der Waals surface area contributed by atoms with E-state index in [0.717, 1.165) is 6.20 Å². The van der Waals surface area contributed by atoms with Crippen LogP contribution in [0.3, 0.4) is 0 Å². The number of nitrogens with one attached hydrogen (secondary N) is 2. The Kier molecular flexibility index (Phi) is 5.89. The molecule has 110 valence electrons. The van der Waals surface area contributed by atoms with Crippen LogP contribution in [0.1, 0.15) is 12.5 Å². The Bertz CT molecular complexity index is 608. The van der Waals surface area contributed by atoms with Gasteiger partial charge in [-0.1, -0.05) is 12.1 Å². The molecule has 0 aliphatic rings. The fourth-order valence-electron chi connectivity index (χ4n) is 1.40. The normalized spacial score (nSPS) is 12.1. The number of aliphatic carboxylic acids is 1. The molecule has 0 heterocycles. The molecule has 6 nitrogen and oxygen atoms in total. The number of benzene rings is 1. The Labute approximate surface area is 120 Å². The minimum absolute atomic E-state index is 0.227. The molecule has 0 aliphatic carbocycles. The van der Waals surface area contributed by atoms with E-state index >= 15 is 0 Å². The molecule has 1 unspecified atom stereocenters. The third-order valence-corrected chi connectivity index (χ3v) is 2.52. The lowest BCUT2D eigenvalue weighted by molar-refractivity contribution is -0.140. The van der Waals surface area contributed by atoms with Gasteiger partial charge in [0.1, 0.15) is 23.5 Å². The van der Waals surface area contributed by atoms with Crippen LogP contribution in [0, 0.1) is 17.1 Å². The van der Waals surface area contributed by atoms with Gasteiger partial charge in [0, 0.05) is 12.7 Å². The first-order valence-electron chi connectivity index (χ1n) is 6.05. The van der Waals surface area contributed by atoms with Crippen LogP contribution in [0.2, 0.25) is 0 Å². The summed E-state index contributed by atoms with van der Waals surface area (Å²) in [7, 11) is 0. The molecule has 0 saturated carbocycles. The third kappa shape index (κ3) is 5.32. The number of nitriles is 1. The molecule has 0 aliphatic heterocycles. The second-order valence-corrected chi connectivity index (χ2v) is 4.21. The standard InChI is InChI=1S/C14H14FN3O3/c1-9(14(20)21)18-13(19)11(6-16)8-17-7-10-3-2-4-12(15)5-10/h2-5,8-9,17H,7H2,1H3,(H,18,19)(H,20,21)/b11-8-. The zero-order valence-corrected chi connectivity index (χ0v) is 11.3. The smallest absolute Gasteiger partial charge is 0.325 e. The van der Waals surface area contributed by atoms with E-state index < -0.39 is 17.9 Å². The molecule has 1 rings (SSSR count). The highest BCUT2D eigenvalue weighted by molar-refractivity contribution is 5.99. The van der Waals surface area contributed by atoms with Gasteiger partial charge in [-0.3, -0.25) is 9.59 Å². The predicted molar refractivity (Wildman–Crippen MR) is 72.2 cm³/mol. The number of carboxylic acids is 1. The Balaban J connectivity index is 2.62. The number of carbonyl (C=O) groups excluding carboxylic acids is 1. The molecule has 0 fully saturated rings. The van der Waals surface area contributed by atoms with Crippen molar-refractivity contribution in [2.75, 3.05) is 0 Å². The topological polar surface area (TPSA) is 102 Å². The van der Waals surface area contributed by atoms with Gasteiger partial charge in [-0.2, -0.15) is 5.26 Å². The Hall–Kier alpha value is -2.88. The second-order valence-electron chi connectivity index (χ2n) is 4.21. The number of nitrogens with zero attached hydrogens (tertiary/aromatic N) is 1. The zero-order chi connectivity index (χ0) is 15.8. The van der Waals surface area contributed by atoms with E-state index in [1.807, 2.05) is 0 Å². The van der Waals surface area contributed by atoms with Crippen LogP contribution >= 0.6 is 0 Å². The maximum absolute atomic E-state index is 13.0. The molecule has 0 bridgehead atoms. The molecule has 7 heteroatoms. The molecule has 0 spiro atoms. The number of carbonyl (C=O) groups is 2. The largest absolute Gasteiger partial charge is 0.480 e. The van der Waals surface area contributed by atoms with Gasteiger partial charge in [0.15, 0.2) is 0 Å². The highest BCUT2D eigenvalue weighted by atomic mass is 19.1. The number of hydrogen-bond acceptors (Lipinski definition) is 4. The highest BCUT2D eigenvalue weighted by Gasteiger charge is 2.16. The van der Waals surface area contributed by atoms with Crippen LogP contribution in [0.25, 0.3) is 0 Å². The van der Waals surface area contributed by atoms with Gasteiger partial charge in [-0.25, -0.2) is 4.39 Å². The van der Waals surface area contributed by atoms with Crippen molar-refractivity contribution in [2.24, 2.45) is 0 Å². The van der Waals surface area contributed by atoms with Crippen molar-refractivity contribution < 1.29 is 19.1 Å². The van der Waals surface area contributed by atoms with Gasteiger partial charge in [0.25, 0.3) is 5.91 Å². The van der Waals surface area contributed by atoms with Crippen LogP contribution in [0.4, 0.5) is 4.39 Å². The van der Waals surface area contributed by atoms with Crippen molar-refractivity contribution in [2.45, 2.75) is 19.5 Å². The van der Waals surface area contributed by atoms with Crippen molar-refractivity contribution in [3.63, 3.8) is 0 Å². The lowest BCUT2D eigenvalue weighted by atomic mass is 10.2. The van der Waals surface area contributed by atoms with Crippen molar-refractivity contribution in [3.8, 4) is 6.07 Å². The van der Waals surface area contributed by atoms with E-state index in [1.165, 1.54) is 19.1 Å². The summed E-state index contributed by atoms with van der Waals surface area (Å²) >= 11 is 0. The lowest BCUT2D eigenvalue weighted by Crippen LogP contribution is -2.39. The molecule has 0 saturated heterocycles. The van der Waals surface area contributed by atoms with Crippen molar-refractivity contribution in [3.05, 3.63) is 47.4 Å². The van der Waals surface area contributed by atoms with Gasteiger partial charge < -0.3 is 15.7 Å². The van der Waals surface area contributed by atoms with Gasteiger partial charge in [-0.05, 0) is 24.6 Å². The summed E-state index contributed by atoms with van der Waals surface area (Å²) in [5, 5.41) is 22.4. The Morgan fingerprint density at radius 2 is 2.24 bits per heavy atom. The molecule has 1 amide bonds. The van der Waals surface area contributed by atoms with E-state index in [2.05, 4.69) is 10.6 Å². The van der Waals surface area contributed by atoms with Gasteiger partial charge in [-0.15, -0.1) is 0 Å². The molecular formula is C14H14FN3O3. The van der Waals surface area contributed by atoms with Crippen molar-refractivity contribution >= 4 is 11.9 Å². The minimum Gasteiger partial charge on any atom is -0.480 e. The van der Waals surface area contributed by atoms with Crippen molar-refractivity contribution in [1.29, 1.82) is 5.26 Å². The first kappa shape index (κ1) is 16.2. The lowest BCUT2D eigenvalue weighted by Gasteiger charge is -2.08. The average Bonchev–Trinajstić information content (AvgIpc) is 2.43. The number of carboxylic acid groups (broad SMARTS) is 1. The van der Waals surface area contributed by atoms with Crippen LogP contribution in [-0.2, 0) is 16.1 Å². The highest BCUT2D eigenvalue weighted by Crippen LogP contribution is 2.03. The first-order valence-corrected chi connectivity index (χ1v) is 6.05. The van der Waals surface area contributed by atoms with Gasteiger partial charge in [0.2, 0.25) is 0 Å². The molecule has 1 aromatic rings. The summed E-state index contributed by atoms with van der Waals surface area (Å²) in [5.41, 5.74) is 0.377.